The van der Waals surface area contributed by atoms with Gasteiger partial charge in [0.2, 0.25) is 0 Å². The minimum atomic E-state index is -1.02. The molecule has 2 N–H and O–H groups in total. The third kappa shape index (κ3) is 3.95. The number of aliphatic hydroxyl groups is 1. The van der Waals surface area contributed by atoms with Crippen LogP contribution >= 0.6 is 0 Å². The SMILES string of the molecule is Cc1ccc(C(C)(O)CNCc2cnn(C(C)(C)C)c2)o1. The first kappa shape index (κ1) is 15.8. The van der Waals surface area contributed by atoms with Crippen LogP contribution in [-0.4, -0.2) is 21.4 Å². The lowest BCUT2D eigenvalue weighted by Crippen LogP contribution is -2.34. The first-order valence-electron chi connectivity index (χ1n) is 7.22. The maximum Gasteiger partial charge on any atom is 0.136 e. The summed E-state index contributed by atoms with van der Waals surface area (Å²) in [5, 5.41) is 18.0. The van der Waals surface area contributed by atoms with Gasteiger partial charge in [0.25, 0.3) is 0 Å². The van der Waals surface area contributed by atoms with Crippen LogP contribution in [0.5, 0.6) is 0 Å². The Morgan fingerprint density at radius 2 is 2.00 bits per heavy atom. The molecule has 21 heavy (non-hydrogen) atoms. The van der Waals surface area contributed by atoms with Crippen LogP contribution in [0.3, 0.4) is 0 Å². The van der Waals surface area contributed by atoms with Crippen LogP contribution in [-0.2, 0) is 17.7 Å². The highest BCUT2D eigenvalue weighted by molar-refractivity contribution is 5.13. The molecule has 2 aromatic rings. The molecule has 0 aliphatic heterocycles. The van der Waals surface area contributed by atoms with Crippen LogP contribution in [0.1, 0.15) is 44.8 Å². The van der Waals surface area contributed by atoms with Crippen LogP contribution in [0.15, 0.2) is 28.9 Å². The summed E-state index contributed by atoms with van der Waals surface area (Å²) in [5.74, 6) is 1.38. The molecular weight excluding hydrogens is 266 g/mol. The van der Waals surface area contributed by atoms with Crippen LogP contribution in [0.4, 0.5) is 0 Å². The van der Waals surface area contributed by atoms with Gasteiger partial charge in [0.05, 0.1) is 11.7 Å². The van der Waals surface area contributed by atoms with Gasteiger partial charge in [-0.15, -0.1) is 0 Å². The van der Waals surface area contributed by atoms with E-state index in [-0.39, 0.29) is 5.54 Å². The Kier molecular flexibility index (Phi) is 4.25. The third-order valence-electron chi connectivity index (χ3n) is 3.39. The molecule has 116 valence electrons. The van der Waals surface area contributed by atoms with E-state index in [0.29, 0.717) is 18.8 Å². The molecule has 0 bridgehead atoms. The van der Waals surface area contributed by atoms with Crippen molar-refractivity contribution < 1.29 is 9.52 Å². The molecule has 0 spiro atoms. The molecule has 2 rings (SSSR count). The monoisotopic (exact) mass is 291 g/mol. The molecule has 0 radical (unpaired) electrons. The zero-order valence-corrected chi connectivity index (χ0v) is 13.5. The molecule has 0 aliphatic rings. The fraction of sp³-hybridized carbons (Fsp3) is 0.562. The highest BCUT2D eigenvalue weighted by atomic mass is 16.4. The minimum Gasteiger partial charge on any atom is -0.463 e. The largest absolute Gasteiger partial charge is 0.463 e. The van der Waals surface area contributed by atoms with Crippen molar-refractivity contribution in [2.24, 2.45) is 0 Å². The van der Waals surface area contributed by atoms with Crippen molar-refractivity contribution in [1.82, 2.24) is 15.1 Å². The molecule has 0 aliphatic carbocycles. The average molecular weight is 291 g/mol. The molecule has 0 saturated carbocycles. The number of rotatable bonds is 5. The van der Waals surface area contributed by atoms with Crippen LogP contribution in [0.25, 0.3) is 0 Å². The third-order valence-corrected chi connectivity index (χ3v) is 3.39. The maximum atomic E-state index is 10.4. The standard InChI is InChI=1S/C16H25N3O2/c1-12-6-7-14(21-12)16(5,20)11-17-8-13-9-18-19(10-13)15(2,3)4/h6-7,9-10,17,20H,8,11H2,1-5H3. The van der Waals surface area contributed by atoms with E-state index in [1.54, 1.807) is 6.92 Å². The number of hydrogen-bond donors (Lipinski definition) is 2. The quantitative estimate of drug-likeness (QED) is 0.888. The van der Waals surface area contributed by atoms with Gasteiger partial charge in [-0.25, -0.2) is 0 Å². The zero-order valence-electron chi connectivity index (χ0n) is 13.5. The van der Waals surface area contributed by atoms with Crippen LogP contribution in [0.2, 0.25) is 0 Å². The van der Waals surface area contributed by atoms with Crippen LogP contribution < -0.4 is 5.32 Å². The van der Waals surface area contributed by atoms with Gasteiger partial charge in [0.1, 0.15) is 17.1 Å². The maximum absolute atomic E-state index is 10.4. The molecular formula is C16H25N3O2. The van der Waals surface area contributed by atoms with Crippen LogP contribution in [0, 0.1) is 6.92 Å². The summed E-state index contributed by atoms with van der Waals surface area (Å²) in [7, 11) is 0. The van der Waals surface area contributed by atoms with Gasteiger partial charge < -0.3 is 14.8 Å². The molecule has 1 atom stereocenters. The first-order chi connectivity index (χ1) is 9.68. The van der Waals surface area contributed by atoms with Gasteiger partial charge in [-0.05, 0) is 46.8 Å². The van der Waals surface area contributed by atoms with Gasteiger partial charge in [-0.3, -0.25) is 4.68 Å². The zero-order chi connectivity index (χ0) is 15.7. The van der Waals surface area contributed by atoms with Gasteiger partial charge >= 0.3 is 0 Å². The van der Waals surface area contributed by atoms with Crippen molar-refractivity contribution in [3.63, 3.8) is 0 Å². The number of aryl methyl sites for hydroxylation is 1. The lowest BCUT2D eigenvalue weighted by molar-refractivity contribution is 0.0332. The van der Waals surface area contributed by atoms with Gasteiger partial charge in [0, 0.05) is 24.8 Å². The normalized spacial score (nSPS) is 15.1. The van der Waals surface area contributed by atoms with E-state index in [4.69, 9.17) is 4.42 Å². The summed E-state index contributed by atoms with van der Waals surface area (Å²) < 4.78 is 7.44. The summed E-state index contributed by atoms with van der Waals surface area (Å²) in [6, 6.07) is 3.67. The van der Waals surface area contributed by atoms with Crippen molar-refractivity contribution in [2.75, 3.05) is 6.54 Å². The Hall–Kier alpha value is -1.59. The summed E-state index contributed by atoms with van der Waals surface area (Å²) in [6.45, 7) is 11.0. The molecule has 1 unspecified atom stereocenters. The molecule has 0 amide bonds. The number of nitrogens with zero attached hydrogens (tertiary/aromatic N) is 2. The highest BCUT2D eigenvalue weighted by Gasteiger charge is 2.26. The number of aromatic nitrogens is 2. The highest BCUT2D eigenvalue weighted by Crippen LogP contribution is 2.22. The van der Waals surface area contributed by atoms with E-state index in [1.807, 2.05) is 36.1 Å². The minimum absolute atomic E-state index is 0.0184. The predicted octanol–water partition coefficient (Wildman–Crippen LogP) is 2.54. The van der Waals surface area contributed by atoms with Crippen molar-refractivity contribution in [3.8, 4) is 0 Å². The second kappa shape index (κ2) is 5.66. The van der Waals surface area contributed by atoms with Crippen molar-refractivity contribution in [3.05, 3.63) is 41.6 Å². The number of hydrogen-bond acceptors (Lipinski definition) is 4. The molecule has 5 heteroatoms. The topological polar surface area (TPSA) is 63.2 Å². The predicted molar refractivity (Wildman–Crippen MR) is 81.9 cm³/mol. The van der Waals surface area contributed by atoms with Gasteiger partial charge in [-0.2, -0.15) is 5.10 Å². The number of nitrogens with one attached hydrogen (secondary N) is 1. The lowest BCUT2D eigenvalue weighted by atomic mass is 10.0. The lowest BCUT2D eigenvalue weighted by Gasteiger charge is -2.21. The second-order valence-corrected chi connectivity index (χ2v) is 6.75. The first-order valence-corrected chi connectivity index (χ1v) is 7.22. The Bertz CT molecular complexity index is 591. The Labute approximate surface area is 126 Å². The molecule has 0 fully saturated rings. The molecule has 5 nitrogen and oxygen atoms in total. The van der Waals surface area contributed by atoms with E-state index in [9.17, 15) is 5.11 Å². The summed E-state index contributed by atoms with van der Waals surface area (Å²) >= 11 is 0. The molecule has 2 heterocycles. The fourth-order valence-electron chi connectivity index (χ4n) is 2.08. The molecule has 0 saturated heterocycles. The summed E-state index contributed by atoms with van der Waals surface area (Å²) in [4.78, 5) is 0. The van der Waals surface area contributed by atoms with E-state index >= 15 is 0 Å². The summed E-state index contributed by atoms with van der Waals surface area (Å²) in [5.41, 5.74) is 0.0559. The van der Waals surface area contributed by atoms with Gasteiger partial charge in [-0.1, -0.05) is 0 Å². The van der Waals surface area contributed by atoms with E-state index in [0.717, 1.165) is 11.3 Å². The molecule has 2 aromatic heterocycles. The summed E-state index contributed by atoms with van der Waals surface area (Å²) in [6.07, 6.45) is 3.88. The van der Waals surface area contributed by atoms with Crippen molar-refractivity contribution >= 4 is 0 Å². The number of furan rings is 1. The fourth-order valence-corrected chi connectivity index (χ4v) is 2.08. The molecule has 0 aromatic carbocycles. The smallest absolute Gasteiger partial charge is 0.136 e. The average Bonchev–Trinajstić information content (AvgIpc) is 2.97. The van der Waals surface area contributed by atoms with E-state index in [1.165, 1.54) is 0 Å². The van der Waals surface area contributed by atoms with Gasteiger partial charge in [0.15, 0.2) is 0 Å². The van der Waals surface area contributed by atoms with Crippen molar-refractivity contribution in [2.45, 2.75) is 52.3 Å². The Morgan fingerprint density at radius 3 is 2.52 bits per heavy atom. The Balaban J connectivity index is 1.91. The van der Waals surface area contributed by atoms with E-state index < -0.39 is 5.60 Å². The van der Waals surface area contributed by atoms with E-state index in [2.05, 4.69) is 31.2 Å². The second-order valence-electron chi connectivity index (χ2n) is 6.75. The van der Waals surface area contributed by atoms with Crippen molar-refractivity contribution in [1.29, 1.82) is 0 Å². The Morgan fingerprint density at radius 1 is 1.29 bits per heavy atom.